The first-order valence-corrected chi connectivity index (χ1v) is 4.20. The fourth-order valence-electron chi connectivity index (χ4n) is 0.560. The Morgan fingerprint density at radius 3 is 2.90 bits per heavy atom. The molecule has 54 valence electrons. The van der Waals surface area contributed by atoms with Gasteiger partial charge in [0.05, 0.1) is 0 Å². The Labute approximate surface area is 67.6 Å². The van der Waals surface area contributed by atoms with E-state index < -0.39 is 5.82 Å². The molecule has 1 heterocycles. The van der Waals surface area contributed by atoms with Crippen molar-refractivity contribution in [2.75, 3.05) is 6.26 Å². The highest BCUT2D eigenvalue weighted by Gasteiger charge is 2.04. The topological polar surface area (TPSA) is 12.9 Å². The van der Waals surface area contributed by atoms with E-state index in [0.717, 1.165) is 0 Å². The van der Waals surface area contributed by atoms with Crippen molar-refractivity contribution in [1.82, 2.24) is 4.98 Å². The maximum absolute atomic E-state index is 12.8. The van der Waals surface area contributed by atoms with Crippen LogP contribution in [-0.4, -0.2) is 11.2 Å². The molecule has 1 aromatic rings. The lowest BCUT2D eigenvalue weighted by Crippen LogP contribution is -1.84. The van der Waals surface area contributed by atoms with Crippen LogP contribution in [0.2, 0.25) is 5.15 Å². The number of thioether (sulfide) groups is 1. The Bertz CT molecular complexity index is 241. The van der Waals surface area contributed by atoms with Crippen LogP contribution in [0.25, 0.3) is 0 Å². The molecule has 0 aromatic carbocycles. The Kier molecular flexibility index (Phi) is 2.51. The van der Waals surface area contributed by atoms with Gasteiger partial charge in [-0.05, 0) is 12.3 Å². The standard InChI is InChI=1S/C6H5ClFNS/c1-10-4-2-3-9-6(7)5(4)8/h2-3H,1H3. The molecule has 0 saturated carbocycles. The van der Waals surface area contributed by atoms with Gasteiger partial charge in [0.15, 0.2) is 11.0 Å². The molecule has 1 rings (SSSR count). The second-order valence-corrected chi connectivity index (χ2v) is 2.82. The zero-order chi connectivity index (χ0) is 7.56. The summed E-state index contributed by atoms with van der Waals surface area (Å²) < 4.78 is 12.8. The highest BCUT2D eigenvalue weighted by molar-refractivity contribution is 7.98. The lowest BCUT2D eigenvalue weighted by molar-refractivity contribution is 0.596. The predicted molar refractivity (Wildman–Crippen MR) is 41.0 cm³/mol. The fraction of sp³-hybridized carbons (Fsp3) is 0.167. The summed E-state index contributed by atoms with van der Waals surface area (Å²) >= 11 is 6.70. The van der Waals surface area contributed by atoms with Crippen LogP contribution >= 0.6 is 23.4 Å². The van der Waals surface area contributed by atoms with E-state index in [9.17, 15) is 4.39 Å². The molecule has 0 aliphatic heterocycles. The summed E-state index contributed by atoms with van der Waals surface area (Å²) in [6, 6.07) is 1.59. The molecule has 0 saturated heterocycles. The van der Waals surface area contributed by atoms with E-state index in [1.165, 1.54) is 18.0 Å². The smallest absolute Gasteiger partial charge is 0.173 e. The van der Waals surface area contributed by atoms with Crippen molar-refractivity contribution in [3.63, 3.8) is 0 Å². The van der Waals surface area contributed by atoms with Gasteiger partial charge in [-0.3, -0.25) is 0 Å². The zero-order valence-corrected chi connectivity index (χ0v) is 6.84. The summed E-state index contributed by atoms with van der Waals surface area (Å²) in [7, 11) is 0. The summed E-state index contributed by atoms with van der Waals surface area (Å²) in [5, 5.41) is -0.0631. The first-order chi connectivity index (χ1) is 4.75. The van der Waals surface area contributed by atoms with Crippen molar-refractivity contribution in [3.8, 4) is 0 Å². The summed E-state index contributed by atoms with van der Waals surface area (Å²) in [4.78, 5) is 4.09. The molecular weight excluding hydrogens is 173 g/mol. The van der Waals surface area contributed by atoms with Gasteiger partial charge < -0.3 is 0 Å². The molecule has 10 heavy (non-hydrogen) atoms. The van der Waals surface area contributed by atoms with E-state index in [1.54, 1.807) is 12.3 Å². The van der Waals surface area contributed by atoms with Gasteiger partial charge in [-0.2, -0.15) is 0 Å². The third kappa shape index (κ3) is 1.41. The normalized spacial score (nSPS) is 9.90. The number of hydrogen-bond donors (Lipinski definition) is 0. The van der Waals surface area contributed by atoms with E-state index in [2.05, 4.69) is 4.98 Å². The molecule has 0 atom stereocenters. The number of nitrogens with zero attached hydrogens (tertiary/aromatic N) is 1. The van der Waals surface area contributed by atoms with E-state index in [0.29, 0.717) is 4.90 Å². The van der Waals surface area contributed by atoms with Crippen LogP contribution in [0.1, 0.15) is 0 Å². The number of hydrogen-bond acceptors (Lipinski definition) is 2. The Balaban J connectivity index is 3.14. The highest BCUT2D eigenvalue weighted by Crippen LogP contribution is 2.22. The van der Waals surface area contributed by atoms with Crippen molar-refractivity contribution in [2.45, 2.75) is 4.90 Å². The molecule has 0 radical (unpaired) electrons. The lowest BCUT2D eigenvalue weighted by atomic mass is 10.5. The molecule has 0 aliphatic carbocycles. The van der Waals surface area contributed by atoms with Crippen LogP contribution in [0.5, 0.6) is 0 Å². The van der Waals surface area contributed by atoms with Gasteiger partial charge in [0.1, 0.15) is 0 Å². The quantitative estimate of drug-likeness (QED) is 0.483. The van der Waals surface area contributed by atoms with Crippen molar-refractivity contribution in [2.24, 2.45) is 0 Å². The van der Waals surface area contributed by atoms with E-state index in [1.807, 2.05) is 0 Å². The third-order valence-corrected chi connectivity index (χ3v) is 2.05. The monoisotopic (exact) mass is 177 g/mol. The van der Waals surface area contributed by atoms with Gasteiger partial charge in [0.25, 0.3) is 0 Å². The summed E-state index contributed by atoms with van der Waals surface area (Å²) in [5.74, 6) is -0.434. The Morgan fingerprint density at radius 2 is 2.40 bits per heavy atom. The highest BCUT2D eigenvalue weighted by atomic mass is 35.5. The molecule has 0 unspecified atom stereocenters. The molecule has 0 amide bonds. The minimum Gasteiger partial charge on any atom is -0.241 e. The van der Waals surface area contributed by atoms with Crippen LogP contribution in [0.15, 0.2) is 17.2 Å². The zero-order valence-electron chi connectivity index (χ0n) is 5.27. The maximum Gasteiger partial charge on any atom is 0.173 e. The molecule has 4 heteroatoms. The summed E-state index contributed by atoms with van der Waals surface area (Å²) in [6.07, 6.45) is 3.27. The average Bonchev–Trinajstić information content (AvgIpc) is 1.95. The van der Waals surface area contributed by atoms with Gasteiger partial charge >= 0.3 is 0 Å². The predicted octanol–water partition coefficient (Wildman–Crippen LogP) is 2.60. The minimum absolute atomic E-state index is 0.0631. The van der Waals surface area contributed by atoms with Crippen molar-refractivity contribution >= 4 is 23.4 Å². The number of aromatic nitrogens is 1. The maximum atomic E-state index is 12.8. The SMILES string of the molecule is CSc1ccnc(Cl)c1F. The van der Waals surface area contributed by atoms with Gasteiger partial charge in [-0.25, -0.2) is 9.37 Å². The van der Waals surface area contributed by atoms with Crippen LogP contribution in [0.3, 0.4) is 0 Å². The van der Waals surface area contributed by atoms with Crippen LogP contribution in [-0.2, 0) is 0 Å². The average molecular weight is 178 g/mol. The molecule has 0 fully saturated rings. The first kappa shape index (κ1) is 7.82. The van der Waals surface area contributed by atoms with E-state index >= 15 is 0 Å². The van der Waals surface area contributed by atoms with Crippen molar-refractivity contribution in [3.05, 3.63) is 23.2 Å². The first-order valence-electron chi connectivity index (χ1n) is 2.59. The van der Waals surface area contributed by atoms with E-state index in [4.69, 9.17) is 11.6 Å². The van der Waals surface area contributed by atoms with Crippen LogP contribution in [0.4, 0.5) is 4.39 Å². The molecule has 1 nitrogen and oxygen atoms in total. The van der Waals surface area contributed by atoms with Gasteiger partial charge in [-0.1, -0.05) is 11.6 Å². The summed E-state index contributed by atoms with van der Waals surface area (Å²) in [6.45, 7) is 0. The second kappa shape index (κ2) is 3.21. The van der Waals surface area contributed by atoms with Crippen LogP contribution < -0.4 is 0 Å². The number of pyridine rings is 1. The fourth-order valence-corrected chi connectivity index (χ4v) is 1.25. The Hall–Kier alpha value is -0.280. The largest absolute Gasteiger partial charge is 0.241 e. The second-order valence-electron chi connectivity index (χ2n) is 1.62. The van der Waals surface area contributed by atoms with E-state index in [-0.39, 0.29) is 5.15 Å². The molecule has 0 aliphatic rings. The third-order valence-electron chi connectivity index (χ3n) is 1.03. The molecule has 0 bridgehead atoms. The van der Waals surface area contributed by atoms with Gasteiger partial charge in [0.2, 0.25) is 0 Å². The Morgan fingerprint density at radius 1 is 1.70 bits per heavy atom. The van der Waals surface area contributed by atoms with Gasteiger partial charge in [-0.15, -0.1) is 11.8 Å². The number of halogens is 2. The summed E-state index contributed by atoms with van der Waals surface area (Å²) in [5.41, 5.74) is 0. The number of rotatable bonds is 1. The molecule has 1 aromatic heterocycles. The van der Waals surface area contributed by atoms with Gasteiger partial charge in [0, 0.05) is 11.1 Å². The van der Waals surface area contributed by atoms with Crippen LogP contribution in [0, 0.1) is 5.82 Å². The van der Waals surface area contributed by atoms with Crippen molar-refractivity contribution < 1.29 is 4.39 Å². The van der Waals surface area contributed by atoms with Crippen molar-refractivity contribution in [1.29, 1.82) is 0 Å². The lowest BCUT2D eigenvalue weighted by Gasteiger charge is -1.97. The molecular formula is C6H5ClFNS. The molecule has 0 spiro atoms. The minimum atomic E-state index is -0.434. The molecule has 0 N–H and O–H groups in total.